The number of amides is 1. The van der Waals surface area contributed by atoms with Crippen LogP contribution >= 0.6 is 0 Å². The molecule has 1 aliphatic rings. The predicted molar refractivity (Wildman–Crippen MR) is 92.7 cm³/mol. The second kappa shape index (κ2) is 6.62. The van der Waals surface area contributed by atoms with Gasteiger partial charge in [0.15, 0.2) is 9.84 Å². The van der Waals surface area contributed by atoms with Crippen LogP contribution in [0.4, 0.5) is 0 Å². The Kier molecular flexibility index (Phi) is 4.68. The molecule has 136 valence electrons. The van der Waals surface area contributed by atoms with E-state index in [4.69, 9.17) is 0 Å². The Morgan fingerprint density at radius 3 is 2.72 bits per heavy atom. The van der Waals surface area contributed by atoms with E-state index >= 15 is 0 Å². The van der Waals surface area contributed by atoms with Gasteiger partial charge in [-0.2, -0.15) is 10.2 Å². The van der Waals surface area contributed by atoms with Crippen molar-refractivity contribution in [2.24, 2.45) is 0 Å². The minimum Gasteiger partial charge on any atom is -0.332 e. The molecule has 0 aromatic carbocycles. The Balaban J connectivity index is 1.86. The van der Waals surface area contributed by atoms with Gasteiger partial charge in [0.05, 0.1) is 29.4 Å². The molecule has 1 atom stereocenters. The van der Waals surface area contributed by atoms with Crippen molar-refractivity contribution in [3.05, 3.63) is 35.4 Å². The molecule has 8 nitrogen and oxygen atoms in total. The molecule has 9 heteroatoms. The monoisotopic (exact) mass is 365 g/mol. The summed E-state index contributed by atoms with van der Waals surface area (Å²) in [5, 5.41) is 8.54. The molecule has 1 saturated heterocycles. The molecule has 2 aromatic heterocycles. The molecule has 0 spiro atoms. The Hall–Kier alpha value is -2.16. The largest absolute Gasteiger partial charge is 0.332 e. The SMILES string of the molecule is CCn1cc([C@H]2CS(=O)(=O)CCN2C(=O)Cn2nc(C)cc2C)cn1. The Bertz CT molecular complexity index is 883. The summed E-state index contributed by atoms with van der Waals surface area (Å²) in [5.41, 5.74) is 2.52. The molecular weight excluding hydrogens is 342 g/mol. The molecule has 25 heavy (non-hydrogen) atoms. The molecule has 1 aliphatic heterocycles. The Morgan fingerprint density at radius 1 is 1.36 bits per heavy atom. The number of rotatable bonds is 4. The molecule has 0 N–H and O–H groups in total. The highest BCUT2D eigenvalue weighted by Crippen LogP contribution is 2.27. The summed E-state index contributed by atoms with van der Waals surface area (Å²) in [6.07, 6.45) is 3.47. The van der Waals surface area contributed by atoms with Crippen LogP contribution in [-0.2, 0) is 27.7 Å². The maximum atomic E-state index is 12.8. The van der Waals surface area contributed by atoms with Gasteiger partial charge in [-0.15, -0.1) is 0 Å². The van der Waals surface area contributed by atoms with Crippen LogP contribution in [-0.4, -0.2) is 56.8 Å². The van der Waals surface area contributed by atoms with Crippen molar-refractivity contribution in [2.75, 3.05) is 18.1 Å². The van der Waals surface area contributed by atoms with Gasteiger partial charge in [0.2, 0.25) is 5.91 Å². The summed E-state index contributed by atoms with van der Waals surface area (Å²) in [4.78, 5) is 14.5. The molecule has 3 rings (SSSR count). The van der Waals surface area contributed by atoms with Crippen LogP contribution in [0.2, 0.25) is 0 Å². The summed E-state index contributed by atoms with van der Waals surface area (Å²) < 4.78 is 27.6. The molecular formula is C16H23N5O3S. The fourth-order valence-electron chi connectivity index (χ4n) is 3.16. The van der Waals surface area contributed by atoms with Crippen molar-refractivity contribution < 1.29 is 13.2 Å². The Labute approximate surface area is 147 Å². The molecule has 1 amide bonds. The highest BCUT2D eigenvalue weighted by Gasteiger charge is 2.36. The molecule has 3 heterocycles. The fraction of sp³-hybridized carbons (Fsp3) is 0.562. The average Bonchev–Trinajstić information content (AvgIpc) is 3.13. The van der Waals surface area contributed by atoms with Gasteiger partial charge in [0.25, 0.3) is 0 Å². The van der Waals surface area contributed by atoms with Gasteiger partial charge < -0.3 is 4.90 Å². The third-order valence-corrected chi connectivity index (χ3v) is 6.13. The van der Waals surface area contributed by atoms with Gasteiger partial charge in [-0.25, -0.2) is 8.42 Å². The van der Waals surface area contributed by atoms with Crippen LogP contribution in [0, 0.1) is 13.8 Å². The maximum absolute atomic E-state index is 12.8. The molecule has 2 aromatic rings. The first kappa shape index (κ1) is 17.7. The van der Waals surface area contributed by atoms with E-state index in [0.717, 1.165) is 17.0 Å². The molecule has 0 saturated carbocycles. The topological polar surface area (TPSA) is 90.1 Å². The van der Waals surface area contributed by atoms with Gasteiger partial charge >= 0.3 is 0 Å². The summed E-state index contributed by atoms with van der Waals surface area (Å²) in [6, 6.07) is 1.42. The van der Waals surface area contributed by atoms with E-state index in [9.17, 15) is 13.2 Å². The predicted octanol–water partition coefficient (Wildman–Crippen LogP) is 0.715. The summed E-state index contributed by atoms with van der Waals surface area (Å²) in [6.45, 7) is 6.74. The molecule has 1 fully saturated rings. The summed E-state index contributed by atoms with van der Waals surface area (Å²) >= 11 is 0. The number of aromatic nitrogens is 4. The van der Waals surface area contributed by atoms with Crippen LogP contribution < -0.4 is 0 Å². The third-order valence-electron chi connectivity index (χ3n) is 4.50. The number of hydrogen-bond donors (Lipinski definition) is 0. The first-order valence-electron chi connectivity index (χ1n) is 8.32. The lowest BCUT2D eigenvalue weighted by Crippen LogP contribution is -2.47. The van der Waals surface area contributed by atoms with Crippen LogP contribution in [0.5, 0.6) is 0 Å². The van der Waals surface area contributed by atoms with E-state index in [1.165, 1.54) is 0 Å². The van der Waals surface area contributed by atoms with Crippen molar-refractivity contribution in [2.45, 2.75) is 39.9 Å². The van der Waals surface area contributed by atoms with E-state index in [0.29, 0.717) is 6.54 Å². The number of carbonyl (C=O) groups is 1. The smallest absolute Gasteiger partial charge is 0.244 e. The standard InChI is InChI=1S/C16H23N5O3S/c1-4-19-9-14(8-17-19)15-11-25(23,24)6-5-20(15)16(22)10-21-13(3)7-12(2)18-21/h7-9,15H,4-6,10-11H2,1-3H3/t15-/m1/s1. The third kappa shape index (κ3) is 3.76. The van der Waals surface area contributed by atoms with Crippen LogP contribution in [0.15, 0.2) is 18.5 Å². The van der Waals surface area contributed by atoms with Gasteiger partial charge in [-0.1, -0.05) is 0 Å². The summed E-state index contributed by atoms with van der Waals surface area (Å²) in [7, 11) is -3.17. The first-order chi connectivity index (χ1) is 11.8. The second-order valence-corrected chi connectivity index (χ2v) is 8.66. The van der Waals surface area contributed by atoms with E-state index in [1.54, 1.807) is 20.5 Å². The molecule has 0 bridgehead atoms. The number of carbonyl (C=O) groups excluding carboxylic acids is 1. The minimum absolute atomic E-state index is 0.00568. The molecule has 0 unspecified atom stereocenters. The van der Waals surface area contributed by atoms with E-state index in [2.05, 4.69) is 10.2 Å². The van der Waals surface area contributed by atoms with E-state index < -0.39 is 15.9 Å². The number of aryl methyl sites for hydroxylation is 3. The molecule has 0 radical (unpaired) electrons. The van der Waals surface area contributed by atoms with Gasteiger partial charge in [0.1, 0.15) is 6.54 Å². The lowest BCUT2D eigenvalue weighted by molar-refractivity contribution is -0.134. The normalized spacial score (nSPS) is 20.0. The van der Waals surface area contributed by atoms with Crippen molar-refractivity contribution in [1.82, 2.24) is 24.5 Å². The van der Waals surface area contributed by atoms with Crippen LogP contribution in [0.3, 0.4) is 0 Å². The number of hydrogen-bond acceptors (Lipinski definition) is 5. The zero-order valence-electron chi connectivity index (χ0n) is 14.7. The first-order valence-corrected chi connectivity index (χ1v) is 10.1. The van der Waals surface area contributed by atoms with Gasteiger partial charge in [-0.3, -0.25) is 14.2 Å². The van der Waals surface area contributed by atoms with Crippen molar-refractivity contribution in [3.63, 3.8) is 0 Å². The van der Waals surface area contributed by atoms with Crippen molar-refractivity contribution in [1.29, 1.82) is 0 Å². The fourth-order valence-corrected chi connectivity index (χ4v) is 4.66. The highest BCUT2D eigenvalue weighted by atomic mass is 32.2. The van der Waals surface area contributed by atoms with E-state index in [1.807, 2.05) is 33.0 Å². The van der Waals surface area contributed by atoms with E-state index in [-0.39, 0.29) is 30.5 Å². The zero-order chi connectivity index (χ0) is 18.2. The van der Waals surface area contributed by atoms with Gasteiger partial charge in [-0.05, 0) is 26.8 Å². The number of nitrogens with zero attached hydrogens (tertiary/aromatic N) is 5. The highest BCUT2D eigenvalue weighted by molar-refractivity contribution is 7.91. The quantitative estimate of drug-likeness (QED) is 0.796. The summed E-state index contributed by atoms with van der Waals surface area (Å²) in [5.74, 6) is -0.199. The number of sulfone groups is 1. The lowest BCUT2D eigenvalue weighted by Gasteiger charge is -2.35. The van der Waals surface area contributed by atoms with Crippen molar-refractivity contribution in [3.8, 4) is 0 Å². The lowest BCUT2D eigenvalue weighted by atomic mass is 10.1. The average molecular weight is 365 g/mol. The van der Waals surface area contributed by atoms with Crippen LogP contribution in [0.25, 0.3) is 0 Å². The maximum Gasteiger partial charge on any atom is 0.244 e. The minimum atomic E-state index is -3.17. The van der Waals surface area contributed by atoms with Crippen LogP contribution in [0.1, 0.15) is 29.9 Å². The zero-order valence-corrected chi connectivity index (χ0v) is 15.5. The Morgan fingerprint density at radius 2 is 2.12 bits per heavy atom. The van der Waals surface area contributed by atoms with Gasteiger partial charge in [0, 0.05) is 30.5 Å². The second-order valence-electron chi connectivity index (χ2n) is 6.43. The molecule has 0 aliphatic carbocycles. The van der Waals surface area contributed by atoms with Crippen molar-refractivity contribution >= 4 is 15.7 Å².